The van der Waals surface area contributed by atoms with Crippen LogP contribution in [-0.2, 0) is 6.18 Å². The molecule has 0 radical (unpaired) electrons. The molecule has 1 aromatic heterocycles. The van der Waals surface area contributed by atoms with E-state index in [-0.39, 0.29) is 11.3 Å². The summed E-state index contributed by atoms with van der Waals surface area (Å²) in [4.78, 5) is 0. The van der Waals surface area contributed by atoms with E-state index in [1.165, 1.54) is 18.4 Å². The van der Waals surface area contributed by atoms with Crippen molar-refractivity contribution in [2.75, 3.05) is 0 Å². The van der Waals surface area contributed by atoms with Gasteiger partial charge in [-0.1, -0.05) is 5.16 Å². The van der Waals surface area contributed by atoms with Crippen molar-refractivity contribution in [2.45, 2.75) is 6.18 Å². The number of rotatable bonds is 1. The van der Waals surface area contributed by atoms with E-state index in [0.717, 1.165) is 6.07 Å². The number of hydrogen-bond acceptors (Lipinski definition) is 2. The first kappa shape index (κ1) is 10.7. The van der Waals surface area contributed by atoms with Crippen LogP contribution in [0.1, 0.15) is 5.56 Å². The molecule has 0 N–H and O–H groups in total. The summed E-state index contributed by atoms with van der Waals surface area (Å²) in [6, 6.07) is 4.07. The second kappa shape index (κ2) is 3.62. The molecule has 0 bridgehead atoms. The van der Waals surface area contributed by atoms with Crippen molar-refractivity contribution in [1.82, 2.24) is 5.16 Å². The Morgan fingerprint density at radius 1 is 1.12 bits per heavy atom. The number of alkyl halides is 3. The van der Waals surface area contributed by atoms with Gasteiger partial charge in [-0.3, -0.25) is 0 Å². The van der Waals surface area contributed by atoms with Crippen molar-refractivity contribution in [2.24, 2.45) is 0 Å². The fourth-order valence-electron chi connectivity index (χ4n) is 1.26. The first-order chi connectivity index (χ1) is 7.48. The molecule has 1 heterocycles. The Hall–Kier alpha value is -1.85. The van der Waals surface area contributed by atoms with Crippen LogP contribution in [0.2, 0.25) is 0 Å². The smallest absolute Gasteiger partial charge is 0.364 e. The summed E-state index contributed by atoms with van der Waals surface area (Å²) in [5.74, 6) is -1.31. The maximum atomic E-state index is 12.9. The molecule has 0 saturated carbocycles. The summed E-state index contributed by atoms with van der Waals surface area (Å²) in [6.07, 6.45) is -3.49. The second-order valence-corrected chi connectivity index (χ2v) is 3.08. The van der Waals surface area contributed by atoms with Crippen LogP contribution in [0, 0.1) is 5.82 Å². The molecule has 2 nitrogen and oxygen atoms in total. The van der Waals surface area contributed by atoms with Gasteiger partial charge in [-0.25, -0.2) is 4.39 Å². The van der Waals surface area contributed by atoms with Crippen LogP contribution in [0.5, 0.6) is 0 Å². The minimum atomic E-state index is -4.72. The van der Waals surface area contributed by atoms with Gasteiger partial charge in [0, 0.05) is 11.6 Å². The highest BCUT2D eigenvalue weighted by Crippen LogP contribution is 2.33. The van der Waals surface area contributed by atoms with Crippen molar-refractivity contribution in [3.8, 4) is 11.3 Å². The SMILES string of the molecule is Fc1ccc(-c2ccon2)cc1C(F)(F)F. The van der Waals surface area contributed by atoms with Crippen molar-refractivity contribution in [3.63, 3.8) is 0 Å². The first-order valence-corrected chi connectivity index (χ1v) is 4.26. The molecule has 1 aromatic carbocycles. The summed E-state index contributed by atoms with van der Waals surface area (Å²) >= 11 is 0. The van der Waals surface area contributed by atoms with Crippen LogP contribution in [0.4, 0.5) is 17.6 Å². The summed E-state index contributed by atoms with van der Waals surface area (Å²) in [7, 11) is 0. The molecule has 16 heavy (non-hydrogen) atoms. The summed E-state index contributed by atoms with van der Waals surface area (Å²) < 4.78 is 54.6. The van der Waals surface area contributed by atoms with E-state index < -0.39 is 17.6 Å². The van der Waals surface area contributed by atoms with E-state index in [1.54, 1.807) is 0 Å². The molecule has 0 aliphatic carbocycles. The zero-order valence-corrected chi connectivity index (χ0v) is 7.75. The lowest BCUT2D eigenvalue weighted by atomic mass is 10.1. The molecule has 0 fully saturated rings. The third kappa shape index (κ3) is 1.91. The zero-order chi connectivity index (χ0) is 11.8. The van der Waals surface area contributed by atoms with E-state index in [9.17, 15) is 17.6 Å². The highest BCUT2D eigenvalue weighted by atomic mass is 19.4. The Balaban J connectivity index is 2.52. The Labute approximate surface area is 87.5 Å². The molecule has 2 rings (SSSR count). The molecule has 2 aromatic rings. The van der Waals surface area contributed by atoms with E-state index >= 15 is 0 Å². The molecule has 0 amide bonds. The first-order valence-electron chi connectivity index (χ1n) is 4.26. The summed E-state index contributed by atoms with van der Waals surface area (Å²) in [5.41, 5.74) is -0.930. The Kier molecular flexibility index (Phi) is 2.41. The van der Waals surface area contributed by atoms with Crippen molar-refractivity contribution >= 4 is 0 Å². The molecule has 6 heteroatoms. The van der Waals surface area contributed by atoms with Gasteiger partial charge in [0.05, 0.1) is 5.56 Å². The lowest BCUT2D eigenvalue weighted by Gasteiger charge is -2.08. The van der Waals surface area contributed by atoms with Crippen LogP contribution in [-0.4, -0.2) is 5.16 Å². The topological polar surface area (TPSA) is 26.0 Å². The Morgan fingerprint density at radius 2 is 1.88 bits per heavy atom. The monoisotopic (exact) mass is 231 g/mol. The summed E-state index contributed by atoms with van der Waals surface area (Å²) in [5, 5.41) is 3.47. The molecule has 0 spiro atoms. The van der Waals surface area contributed by atoms with Gasteiger partial charge in [-0.2, -0.15) is 13.2 Å². The van der Waals surface area contributed by atoms with E-state index in [2.05, 4.69) is 9.68 Å². The van der Waals surface area contributed by atoms with Crippen LogP contribution in [0.3, 0.4) is 0 Å². The summed E-state index contributed by atoms with van der Waals surface area (Å²) in [6.45, 7) is 0. The number of aromatic nitrogens is 1. The zero-order valence-electron chi connectivity index (χ0n) is 7.75. The molecule has 0 saturated heterocycles. The van der Waals surface area contributed by atoms with Gasteiger partial charge < -0.3 is 4.52 Å². The largest absolute Gasteiger partial charge is 0.419 e. The van der Waals surface area contributed by atoms with Gasteiger partial charge in [0.1, 0.15) is 17.8 Å². The lowest BCUT2D eigenvalue weighted by Crippen LogP contribution is -2.08. The van der Waals surface area contributed by atoms with Gasteiger partial charge in [0.15, 0.2) is 0 Å². The normalized spacial score (nSPS) is 11.8. The molecule has 0 unspecified atom stereocenters. The molecule has 0 aliphatic heterocycles. The maximum Gasteiger partial charge on any atom is 0.419 e. The fraction of sp³-hybridized carbons (Fsp3) is 0.100. The Bertz CT molecular complexity index is 490. The number of halogens is 4. The fourth-order valence-corrected chi connectivity index (χ4v) is 1.26. The van der Waals surface area contributed by atoms with Crippen LogP contribution in [0.25, 0.3) is 11.3 Å². The molecular formula is C10H5F4NO. The predicted molar refractivity (Wildman–Crippen MR) is 46.9 cm³/mol. The number of benzene rings is 1. The minimum absolute atomic E-state index is 0.155. The lowest BCUT2D eigenvalue weighted by molar-refractivity contribution is -0.139. The average molecular weight is 231 g/mol. The highest BCUT2D eigenvalue weighted by molar-refractivity contribution is 5.59. The van der Waals surface area contributed by atoms with Crippen molar-refractivity contribution in [3.05, 3.63) is 41.9 Å². The van der Waals surface area contributed by atoms with Crippen LogP contribution in [0.15, 0.2) is 35.1 Å². The third-order valence-corrected chi connectivity index (χ3v) is 2.01. The molecule has 84 valence electrons. The van der Waals surface area contributed by atoms with Crippen molar-refractivity contribution in [1.29, 1.82) is 0 Å². The standard InChI is InChI=1S/C10H5F4NO/c11-8-2-1-6(9-3-4-16-15-9)5-7(8)10(12,13)14/h1-5H. The van der Waals surface area contributed by atoms with Gasteiger partial charge >= 0.3 is 6.18 Å². The Morgan fingerprint density at radius 3 is 2.44 bits per heavy atom. The second-order valence-electron chi connectivity index (χ2n) is 3.08. The minimum Gasteiger partial charge on any atom is -0.364 e. The number of hydrogen-bond donors (Lipinski definition) is 0. The molecular weight excluding hydrogens is 226 g/mol. The third-order valence-electron chi connectivity index (χ3n) is 2.01. The highest BCUT2D eigenvalue weighted by Gasteiger charge is 2.34. The van der Waals surface area contributed by atoms with E-state index in [0.29, 0.717) is 6.07 Å². The van der Waals surface area contributed by atoms with E-state index in [1.807, 2.05) is 0 Å². The van der Waals surface area contributed by atoms with Gasteiger partial charge in [0.25, 0.3) is 0 Å². The molecule has 0 aliphatic rings. The quantitative estimate of drug-likeness (QED) is 0.702. The van der Waals surface area contributed by atoms with Crippen LogP contribution >= 0.6 is 0 Å². The van der Waals surface area contributed by atoms with E-state index in [4.69, 9.17) is 0 Å². The number of nitrogens with zero attached hydrogens (tertiary/aromatic N) is 1. The van der Waals surface area contributed by atoms with Crippen molar-refractivity contribution < 1.29 is 22.1 Å². The van der Waals surface area contributed by atoms with Crippen LogP contribution < -0.4 is 0 Å². The van der Waals surface area contributed by atoms with Gasteiger partial charge in [-0.15, -0.1) is 0 Å². The molecule has 0 atom stereocenters. The maximum absolute atomic E-state index is 12.9. The predicted octanol–water partition coefficient (Wildman–Crippen LogP) is 3.50. The van der Waals surface area contributed by atoms with Gasteiger partial charge in [0.2, 0.25) is 0 Å². The average Bonchev–Trinajstić information content (AvgIpc) is 2.69. The van der Waals surface area contributed by atoms with Gasteiger partial charge in [-0.05, 0) is 18.2 Å².